The molecule has 0 amide bonds. The highest BCUT2D eigenvalue weighted by Gasteiger charge is 2.10. The van der Waals surface area contributed by atoms with E-state index in [4.69, 9.17) is 14.7 Å². The third-order valence-electron chi connectivity index (χ3n) is 2.75. The smallest absolute Gasteiger partial charge is 0.134 e. The maximum atomic E-state index is 8.90. The van der Waals surface area contributed by atoms with E-state index in [1.165, 1.54) is 0 Å². The molecule has 0 unspecified atom stereocenters. The lowest BCUT2D eigenvalue weighted by molar-refractivity contribution is 0.296. The van der Waals surface area contributed by atoms with Crippen molar-refractivity contribution in [2.45, 2.75) is 13.5 Å². The molecule has 2 aromatic rings. The molecule has 7 nitrogen and oxygen atoms in total. The summed E-state index contributed by atoms with van der Waals surface area (Å²) in [6.07, 6.45) is 1.77. The van der Waals surface area contributed by atoms with Crippen molar-refractivity contribution in [1.82, 2.24) is 15.0 Å². The van der Waals surface area contributed by atoms with E-state index in [9.17, 15) is 0 Å². The summed E-state index contributed by atoms with van der Waals surface area (Å²) < 4.78 is 12.5. The van der Waals surface area contributed by atoms with E-state index in [1.807, 2.05) is 0 Å². The SMILES string of the molecule is COc1ccc(/C(C)=N/O)c(OCc2cn(C)nn2)c1. The fourth-order valence-electron chi connectivity index (χ4n) is 1.71. The molecule has 0 fully saturated rings. The quantitative estimate of drug-likeness (QED) is 0.509. The Hall–Kier alpha value is -2.57. The Kier molecular flexibility index (Phi) is 4.19. The van der Waals surface area contributed by atoms with Crippen LogP contribution < -0.4 is 9.47 Å². The Bertz CT molecular complexity index is 622. The van der Waals surface area contributed by atoms with Gasteiger partial charge in [0.05, 0.1) is 19.0 Å². The number of aryl methyl sites for hydroxylation is 1. The molecule has 1 aromatic carbocycles. The molecular weight excluding hydrogens is 260 g/mol. The average molecular weight is 276 g/mol. The van der Waals surface area contributed by atoms with Gasteiger partial charge in [0, 0.05) is 18.7 Å². The van der Waals surface area contributed by atoms with Gasteiger partial charge in [-0.3, -0.25) is 4.68 Å². The summed E-state index contributed by atoms with van der Waals surface area (Å²) >= 11 is 0. The zero-order valence-electron chi connectivity index (χ0n) is 11.6. The molecular formula is C13H16N4O3. The van der Waals surface area contributed by atoms with Crippen molar-refractivity contribution in [2.75, 3.05) is 7.11 Å². The topological polar surface area (TPSA) is 81.8 Å². The maximum absolute atomic E-state index is 8.90. The van der Waals surface area contributed by atoms with Crippen LogP contribution in [-0.2, 0) is 13.7 Å². The van der Waals surface area contributed by atoms with Crippen molar-refractivity contribution in [3.05, 3.63) is 35.7 Å². The first-order chi connectivity index (χ1) is 9.63. The van der Waals surface area contributed by atoms with Crippen molar-refractivity contribution in [3.63, 3.8) is 0 Å². The summed E-state index contributed by atoms with van der Waals surface area (Å²) in [5, 5.41) is 19.9. The number of methoxy groups -OCH3 is 1. The molecule has 7 heteroatoms. The van der Waals surface area contributed by atoms with Gasteiger partial charge in [0.15, 0.2) is 0 Å². The number of hydrogen-bond donors (Lipinski definition) is 1. The third-order valence-corrected chi connectivity index (χ3v) is 2.75. The molecule has 0 aliphatic rings. The van der Waals surface area contributed by atoms with Gasteiger partial charge in [-0.15, -0.1) is 5.10 Å². The normalized spacial score (nSPS) is 11.4. The Morgan fingerprint density at radius 3 is 2.85 bits per heavy atom. The predicted octanol–water partition coefficient (Wildman–Crippen LogP) is 1.60. The second-order valence-electron chi connectivity index (χ2n) is 4.22. The molecule has 0 bridgehead atoms. The van der Waals surface area contributed by atoms with Gasteiger partial charge in [-0.1, -0.05) is 10.4 Å². The van der Waals surface area contributed by atoms with Crippen molar-refractivity contribution in [3.8, 4) is 11.5 Å². The summed E-state index contributed by atoms with van der Waals surface area (Å²) in [5.74, 6) is 1.22. The number of benzene rings is 1. The molecule has 1 aromatic heterocycles. The van der Waals surface area contributed by atoms with Crippen molar-refractivity contribution >= 4 is 5.71 Å². The standard InChI is InChI=1S/C13H16N4O3/c1-9(15-18)12-5-4-11(19-3)6-13(12)20-8-10-7-17(2)16-14-10/h4-7,18H,8H2,1-3H3/b15-9+. The van der Waals surface area contributed by atoms with E-state index in [1.54, 1.807) is 50.2 Å². The molecule has 0 aliphatic carbocycles. The van der Waals surface area contributed by atoms with Gasteiger partial charge in [-0.2, -0.15) is 0 Å². The molecule has 1 heterocycles. The fraction of sp³-hybridized carbons (Fsp3) is 0.308. The number of oxime groups is 1. The third kappa shape index (κ3) is 3.05. The lowest BCUT2D eigenvalue weighted by Crippen LogP contribution is -2.03. The maximum Gasteiger partial charge on any atom is 0.134 e. The molecule has 106 valence electrons. The largest absolute Gasteiger partial charge is 0.497 e. The van der Waals surface area contributed by atoms with Crippen LogP contribution in [0.5, 0.6) is 11.5 Å². The Labute approximate surface area is 116 Å². The minimum Gasteiger partial charge on any atom is -0.497 e. The minimum atomic E-state index is 0.271. The van der Waals surface area contributed by atoms with E-state index in [0.29, 0.717) is 28.5 Å². The Morgan fingerprint density at radius 2 is 2.25 bits per heavy atom. The van der Waals surface area contributed by atoms with Crippen molar-refractivity contribution in [1.29, 1.82) is 0 Å². The molecule has 0 radical (unpaired) electrons. The number of aromatic nitrogens is 3. The number of nitrogens with zero attached hydrogens (tertiary/aromatic N) is 4. The van der Waals surface area contributed by atoms with E-state index in [2.05, 4.69) is 15.5 Å². The van der Waals surface area contributed by atoms with Gasteiger partial charge in [0.2, 0.25) is 0 Å². The van der Waals surface area contributed by atoms with Crippen molar-refractivity contribution in [2.24, 2.45) is 12.2 Å². The van der Waals surface area contributed by atoms with Crippen LogP contribution in [0.2, 0.25) is 0 Å². The predicted molar refractivity (Wildman–Crippen MR) is 72.3 cm³/mol. The van der Waals surface area contributed by atoms with Gasteiger partial charge < -0.3 is 14.7 Å². The van der Waals surface area contributed by atoms with Gasteiger partial charge in [0.25, 0.3) is 0 Å². The summed E-state index contributed by atoms with van der Waals surface area (Å²) in [4.78, 5) is 0. The monoisotopic (exact) mass is 276 g/mol. The number of hydrogen-bond acceptors (Lipinski definition) is 6. The first kappa shape index (κ1) is 13.9. The number of rotatable bonds is 5. The first-order valence-corrected chi connectivity index (χ1v) is 5.99. The molecule has 0 atom stereocenters. The van der Waals surface area contributed by atoms with Gasteiger partial charge in [-0.25, -0.2) is 0 Å². The molecule has 2 rings (SSSR count). The lowest BCUT2D eigenvalue weighted by Gasteiger charge is -2.11. The Balaban J connectivity index is 2.23. The summed E-state index contributed by atoms with van der Waals surface area (Å²) in [7, 11) is 3.37. The summed E-state index contributed by atoms with van der Waals surface area (Å²) in [5.41, 5.74) is 1.86. The highest BCUT2D eigenvalue weighted by molar-refractivity contribution is 6.00. The molecule has 0 aliphatic heterocycles. The fourth-order valence-corrected chi connectivity index (χ4v) is 1.71. The summed E-state index contributed by atoms with van der Waals surface area (Å²) in [6.45, 7) is 1.96. The van der Waals surface area contributed by atoms with E-state index >= 15 is 0 Å². The lowest BCUT2D eigenvalue weighted by atomic mass is 10.1. The zero-order valence-corrected chi connectivity index (χ0v) is 11.6. The van der Waals surface area contributed by atoms with E-state index in [-0.39, 0.29) is 6.61 Å². The van der Waals surface area contributed by atoms with Crippen LogP contribution in [0.3, 0.4) is 0 Å². The van der Waals surface area contributed by atoms with E-state index < -0.39 is 0 Å². The first-order valence-electron chi connectivity index (χ1n) is 5.99. The number of ether oxygens (including phenoxy) is 2. The van der Waals surface area contributed by atoms with E-state index in [0.717, 1.165) is 0 Å². The van der Waals surface area contributed by atoms with Crippen LogP contribution >= 0.6 is 0 Å². The second-order valence-corrected chi connectivity index (χ2v) is 4.22. The van der Waals surface area contributed by atoms with Crippen LogP contribution in [0, 0.1) is 0 Å². The molecule has 0 saturated heterocycles. The molecule has 1 N–H and O–H groups in total. The van der Waals surface area contributed by atoms with Crippen LogP contribution in [0.15, 0.2) is 29.6 Å². The Morgan fingerprint density at radius 1 is 1.45 bits per heavy atom. The van der Waals surface area contributed by atoms with Crippen LogP contribution in [0.4, 0.5) is 0 Å². The summed E-state index contributed by atoms with van der Waals surface area (Å²) in [6, 6.07) is 5.29. The molecule has 0 saturated carbocycles. The van der Waals surface area contributed by atoms with Crippen LogP contribution in [0.25, 0.3) is 0 Å². The second kappa shape index (κ2) is 6.05. The molecule has 0 spiro atoms. The van der Waals surface area contributed by atoms with Crippen LogP contribution in [0.1, 0.15) is 18.2 Å². The van der Waals surface area contributed by atoms with Gasteiger partial charge in [0.1, 0.15) is 23.8 Å². The highest BCUT2D eigenvalue weighted by atomic mass is 16.5. The van der Waals surface area contributed by atoms with Crippen molar-refractivity contribution < 1.29 is 14.7 Å². The molecule has 20 heavy (non-hydrogen) atoms. The van der Waals surface area contributed by atoms with Crippen LogP contribution in [-0.4, -0.2) is 33.0 Å². The zero-order chi connectivity index (χ0) is 14.5. The highest BCUT2D eigenvalue weighted by Crippen LogP contribution is 2.26. The average Bonchev–Trinajstić information content (AvgIpc) is 2.89. The minimum absolute atomic E-state index is 0.271. The van der Waals surface area contributed by atoms with Gasteiger partial charge >= 0.3 is 0 Å². The van der Waals surface area contributed by atoms with Gasteiger partial charge in [-0.05, 0) is 19.1 Å².